The Kier molecular flexibility index (Phi) is 5.59. The van der Waals surface area contributed by atoms with E-state index in [0.717, 1.165) is 32.1 Å². The van der Waals surface area contributed by atoms with Gasteiger partial charge in [-0.25, -0.2) is 0 Å². The van der Waals surface area contributed by atoms with Crippen molar-refractivity contribution in [1.29, 1.82) is 0 Å². The summed E-state index contributed by atoms with van der Waals surface area (Å²) in [5.74, 6) is 1.75. The third kappa shape index (κ3) is 3.20. The molecular formula is C31H49NO3. The third-order valence-corrected chi connectivity index (χ3v) is 12.7. The van der Waals surface area contributed by atoms with E-state index in [2.05, 4.69) is 48.5 Å². The van der Waals surface area contributed by atoms with Crippen LogP contribution in [0, 0.1) is 45.3 Å². The Bertz CT molecular complexity index is 980. The highest BCUT2D eigenvalue weighted by molar-refractivity contribution is 5.91. The Morgan fingerprint density at radius 1 is 0.971 bits per heavy atom. The van der Waals surface area contributed by atoms with Crippen molar-refractivity contribution in [1.82, 2.24) is 0 Å². The average Bonchev–Trinajstić information content (AvgIpc) is 3.01. The van der Waals surface area contributed by atoms with Crippen molar-refractivity contribution in [3.8, 4) is 0 Å². The fourth-order valence-electron chi connectivity index (χ4n) is 10.9. The second kappa shape index (κ2) is 7.68. The Morgan fingerprint density at radius 2 is 1.66 bits per heavy atom. The monoisotopic (exact) mass is 483 g/mol. The lowest BCUT2D eigenvalue weighted by Gasteiger charge is -2.70. The molecule has 2 N–H and O–H groups in total. The van der Waals surface area contributed by atoms with E-state index in [0.29, 0.717) is 30.0 Å². The zero-order valence-corrected chi connectivity index (χ0v) is 23.6. The normalized spacial score (nSPS) is 48.7. The summed E-state index contributed by atoms with van der Waals surface area (Å²) in [6.45, 7) is 18.4. The maximum atomic E-state index is 13.2. The number of ether oxygens (including phenoxy) is 1. The van der Waals surface area contributed by atoms with Crippen LogP contribution < -0.4 is 5.73 Å². The smallest absolute Gasteiger partial charge is 0.302 e. The van der Waals surface area contributed by atoms with E-state index in [1.165, 1.54) is 24.8 Å². The first-order valence-electron chi connectivity index (χ1n) is 14.3. The van der Waals surface area contributed by atoms with Crippen LogP contribution in [-0.4, -0.2) is 23.4 Å². The van der Waals surface area contributed by atoms with E-state index in [-0.39, 0.29) is 39.7 Å². The average molecular weight is 484 g/mol. The molecule has 5 aliphatic carbocycles. The van der Waals surface area contributed by atoms with Gasteiger partial charge in [0.05, 0.1) is 0 Å². The Morgan fingerprint density at radius 3 is 2.29 bits per heavy atom. The molecule has 4 saturated carbocycles. The molecule has 0 heterocycles. The maximum absolute atomic E-state index is 13.2. The van der Waals surface area contributed by atoms with E-state index < -0.39 is 5.54 Å². The highest BCUT2D eigenvalue weighted by atomic mass is 16.5. The molecule has 0 saturated heterocycles. The minimum absolute atomic E-state index is 0.0137. The molecular weight excluding hydrogens is 434 g/mol. The lowest BCUT2D eigenvalue weighted by molar-refractivity contribution is -0.212. The zero-order valence-electron chi connectivity index (χ0n) is 23.6. The van der Waals surface area contributed by atoms with Crippen molar-refractivity contribution in [2.24, 2.45) is 51.1 Å². The molecule has 8 atom stereocenters. The Labute approximate surface area is 213 Å². The molecule has 0 radical (unpaired) electrons. The quantitative estimate of drug-likeness (QED) is 0.354. The molecule has 0 aromatic heterocycles. The van der Waals surface area contributed by atoms with Gasteiger partial charge in [0.15, 0.2) is 0 Å². The minimum Gasteiger partial charge on any atom is -0.462 e. The van der Waals surface area contributed by atoms with Crippen LogP contribution in [0.15, 0.2) is 11.1 Å². The highest BCUT2D eigenvalue weighted by Gasteiger charge is 2.68. The third-order valence-electron chi connectivity index (χ3n) is 12.7. The number of hydrogen-bond acceptors (Lipinski definition) is 4. The number of hydrogen-bond donors (Lipinski definition) is 1. The molecule has 4 fully saturated rings. The number of ketones is 1. The Hall–Kier alpha value is -1.16. The van der Waals surface area contributed by atoms with Crippen molar-refractivity contribution in [2.45, 2.75) is 125 Å². The first-order valence-corrected chi connectivity index (χ1v) is 14.3. The van der Waals surface area contributed by atoms with Gasteiger partial charge in [-0.2, -0.15) is 0 Å². The molecule has 0 aromatic carbocycles. The van der Waals surface area contributed by atoms with Gasteiger partial charge in [-0.15, -0.1) is 0 Å². The molecule has 0 bridgehead atoms. The highest BCUT2D eigenvalue weighted by Crippen LogP contribution is 2.75. The van der Waals surface area contributed by atoms with Crippen LogP contribution in [0.4, 0.5) is 0 Å². The Balaban J connectivity index is 1.57. The van der Waals surface area contributed by atoms with E-state index in [9.17, 15) is 9.59 Å². The number of allylic oxidation sites excluding steroid dienone is 1. The molecule has 4 heteroatoms. The van der Waals surface area contributed by atoms with Crippen molar-refractivity contribution in [2.75, 3.05) is 0 Å². The summed E-state index contributed by atoms with van der Waals surface area (Å²) in [6.07, 6.45) is 9.39. The van der Waals surface area contributed by atoms with E-state index >= 15 is 0 Å². The van der Waals surface area contributed by atoms with Gasteiger partial charge >= 0.3 is 5.97 Å². The number of esters is 1. The van der Waals surface area contributed by atoms with Gasteiger partial charge in [0.2, 0.25) is 0 Å². The summed E-state index contributed by atoms with van der Waals surface area (Å²) < 4.78 is 5.88. The summed E-state index contributed by atoms with van der Waals surface area (Å²) >= 11 is 0. The summed E-state index contributed by atoms with van der Waals surface area (Å²) in [6, 6.07) is 0. The van der Waals surface area contributed by atoms with Gasteiger partial charge < -0.3 is 10.5 Å². The van der Waals surface area contributed by atoms with Crippen molar-refractivity contribution >= 4 is 11.8 Å². The number of carbonyl (C=O) groups excluding carboxylic acids is 2. The van der Waals surface area contributed by atoms with Crippen LogP contribution in [0.5, 0.6) is 0 Å². The van der Waals surface area contributed by atoms with Crippen LogP contribution in [0.2, 0.25) is 0 Å². The predicted octanol–water partition coefficient (Wildman–Crippen LogP) is 6.61. The number of fused-ring (bicyclic) bond motifs is 6. The zero-order chi connectivity index (χ0) is 25.8. The molecule has 0 aliphatic heterocycles. The number of Topliss-reactive ketones (excluding diaryl/α,β-unsaturated/α-hetero) is 1. The molecule has 4 nitrogen and oxygen atoms in total. The van der Waals surface area contributed by atoms with Crippen molar-refractivity contribution < 1.29 is 14.3 Å². The van der Waals surface area contributed by atoms with Gasteiger partial charge in [0, 0.05) is 30.2 Å². The van der Waals surface area contributed by atoms with E-state index in [1.807, 2.05) is 0 Å². The second-order valence-electron chi connectivity index (χ2n) is 14.8. The fourth-order valence-corrected chi connectivity index (χ4v) is 10.9. The largest absolute Gasteiger partial charge is 0.462 e. The fraction of sp³-hybridized carbons (Fsp3) is 0.871. The summed E-state index contributed by atoms with van der Waals surface area (Å²) in [5, 5.41) is 0. The predicted molar refractivity (Wildman–Crippen MR) is 139 cm³/mol. The SMILES string of the molecule is CC(=O)O[C@H]1CC[C@]2(C)[C@H]3CCC4=C5C(C(C)C)C(=O)C[C@]5(N)CC[C@@]4(C)[C@]3(C)CC[C@H]2C1(C)C. The number of rotatable bonds is 2. The van der Waals surface area contributed by atoms with E-state index in [4.69, 9.17) is 10.5 Å². The van der Waals surface area contributed by atoms with Gasteiger partial charge in [-0.1, -0.05) is 54.0 Å². The van der Waals surface area contributed by atoms with Crippen LogP contribution in [0.1, 0.15) is 113 Å². The molecule has 1 unspecified atom stereocenters. The van der Waals surface area contributed by atoms with Gasteiger partial charge in [-0.3, -0.25) is 9.59 Å². The maximum Gasteiger partial charge on any atom is 0.302 e. The molecule has 5 rings (SSSR count). The lowest BCUT2D eigenvalue weighted by Crippen LogP contribution is -2.64. The van der Waals surface area contributed by atoms with Crippen molar-refractivity contribution in [3.05, 3.63) is 11.1 Å². The van der Waals surface area contributed by atoms with Crippen LogP contribution in [0.25, 0.3) is 0 Å². The summed E-state index contributed by atoms with van der Waals surface area (Å²) in [5.41, 5.74) is 10.1. The van der Waals surface area contributed by atoms with Gasteiger partial charge in [0.1, 0.15) is 11.9 Å². The van der Waals surface area contributed by atoms with E-state index in [1.54, 1.807) is 12.5 Å². The van der Waals surface area contributed by atoms with Crippen molar-refractivity contribution in [3.63, 3.8) is 0 Å². The topological polar surface area (TPSA) is 69.4 Å². The number of nitrogens with two attached hydrogens (primary N) is 1. The minimum atomic E-state index is -0.407. The molecule has 0 spiro atoms. The van der Waals surface area contributed by atoms with Crippen LogP contribution >= 0.6 is 0 Å². The van der Waals surface area contributed by atoms with Gasteiger partial charge in [0.25, 0.3) is 0 Å². The number of carbonyl (C=O) groups is 2. The molecule has 5 aliphatic rings. The first-order chi connectivity index (χ1) is 16.1. The second-order valence-corrected chi connectivity index (χ2v) is 14.8. The van der Waals surface area contributed by atoms with Crippen LogP contribution in [0.3, 0.4) is 0 Å². The first kappa shape index (κ1) is 25.5. The molecule has 0 aromatic rings. The standard InChI is InChI=1S/C31H49NO3/c1-18(2)25-21(34)17-31(32)16-15-29(7)20(26(25)31)9-10-23-28(6)13-12-24(35-19(3)33)27(4,5)22(28)11-14-30(23,29)8/h18,22-25H,9-17,32H2,1-8H3/t22-,23+,24-,25?,28-,29+,30+,31+/m0/s1. The summed E-state index contributed by atoms with van der Waals surface area (Å²) in [7, 11) is 0. The van der Waals surface area contributed by atoms with Crippen LogP contribution in [-0.2, 0) is 14.3 Å². The molecule has 0 amide bonds. The molecule has 196 valence electrons. The van der Waals surface area contributed by atoms with Gasteiger partial charge in [-0.05, 0) is 90.9 Å². The lowest BCUT2D eigenvalue weighted by atomic mass is 9.34. The molecule has 35 heavy (non-hydrogen) atoms. The summed E-state index contributed by atoms with van der Waals surface area (Å²) in [4.78, 5) is 25.1.